The van der Waals surface area contributed by atoms with Crippen LogP contribution in [0, 0.1) is 19.8 Å². The minimum atomic E-state index is -0.137. The number of piperidine rings is 1. The van der Waals surface area contributed by atoms with Gasteiger partial charge in [-0.2, -0.15) is 0 Å². The van der Waals surface area contributed by atoms with Gasteiger partial charge in [0.15, 0.2) is 0 Å². The summed E-state index contributed by atoms with van der Waals surface area (Å²) in [5.41, 5.74) is 3.97. The molecule has 0 bridgehead atoms. The number of hydrogen-bond donors (Lipinski definition) is 1. The van der Waals surface area contributed by atoms with Gasteiger partial charge in [0.25, 0.3) is 5.91 Å². The van der Waals surface area contributed by atoms with Gasteiger partial charge >= 0.3 is 0 Å². The summed E-state index contributed by atoms with van der Waals surface area (Å²) in [7, 11) is 0. The van der Waals surface area contributed by atoms with Crippen LogP contribution >= 0.6 is 0 Å². The van der Waals surface area contributed by atoms with Gasteiger partial charge in [-0.15, -0.1) is 0 Å². The van der Waals surface area contributed by atoms with Crippen LogP contribution in [0.1, 0.15) is 39.9 Å². The molecule has 0 aliphatic carbocycles. The van der Waals surface area contributed by atoms with E-state index in [0.717, 1.165) is 29.5 Å². The molecule has 3 rings (SSSR count). The lowest BCUT2D eigenvalue weighted by Crippen LogP contribution is -2.45. The van der Waals surface area contributed by atoms with Crippen molar-refractivity contribution in [2.75, 3.05) is 13.1 Å². The third-order valence-corrected chi connectivity index (χ3v) is 4.86. The van der Waals surface area contributed by atoms with E-state index in [0.29, 0.717) is 25.2 Å². The van der Waals surface area contributed by atoms with Gasteiger partial charge < -0.3 is 10.2 Å². The Balaban J connectivity index is 1.61. The predicted molar refractivity (Wildman–Crippen MR) is 103 cm³/mol. The maximum Gasteiger partial charge on any atom is 0.253 e. The van der Waals surface area contributed by atoms with Crippen molar-refractivity contribution in [1.82, 2.24) is 10.2 Å². The van der Waals surface area contributed by atoms with Crippen molar-refractivity contribution in [1.29, 1.82) is 0 Å². The summed E-state index contributed by atoms with van der Waals surface area (Å²) in [4.78, 5) is 27.2. The molecule has 0 aromatic heterocycles. The largest absolute Gasteiger partial charge is 0.352 e. The highest BCUT2D eigenvalue weighted by atomic mass is 16.2. The van der Waals surface area contributed by atoms with E-state index in [9.17, 15) is 9.59 Å². The van der Waals surface area contributed by atoms with E-state index in [4.69, 9.17) is 0 Å². The summed E-state index contributed by atoms with van der Waals surface area (Å²) < 4.78 is 0. The predicted octanol–water partition coefficient (Wildman–Crippen LogP) is 3.47. The zero-order valence-corrected chi connectivity index (χ0v) is 15.5. The lowest BCUT2D eigenvalue weighted by molar-refractivity contribution is -0.126. The second-order valence-electron chi connectivity index (χ2n) is 7.17. The van der Waals surface area contributed by atoms with Gasteiger partial charge in [0, 0.05) is 25.2 Å². The van der Waals surface area contributed by atoms with Gasteiger partial charge in [-0.3, -0.25) is 9.59 Å². The van der Waals surface area contributed by atoms with Gasteiger partial charge in [0.1, 0.15) is 0 Å². The van der Waals surface area contributed by atoms with Gasteiger partial charge in [-0.25, -0.2) is 0 Å². The molecule has 4 heteroatoms. The third kappa shape index (κ3) is 4.51. The van der Waals surface area contributed by atoms with Crippen molar-refractivity contribution in [2.45, 2.75) is 33.2 Å². The number of benzene rings is 2. The Morgan fingerprint density at radius 2 is 1.77 bits per heavy atom. The fourth-order valence-electron chi connectivity index (χ4n) is 3.59. The van der Waals surface area contributed by atoms with E-state index >= 15 is 0 Å². The lowest BCUT2D eigenvalue weighted by Gasteiger charge is -2.32. The van der Waals surface area contributed by atoms with Crippen LogP contribution in [0.15, 0.2) is 48.5 Å². The summed E-state index contributed by atoms with van der Waals surface area (Å²) >= 11 is 0. The molecule has 2 aromatic rings. The molecule has 1 N–H and O–H groups in total. The smallest absolute Gasteiger partial charge is 0.253 e. The summed E-state index contributed by atoms with van der Waals surface area (Å²) in [6.45, 7) is 5.74. The Bertz CT molecular complexity index is 766. The van der Waals surface area contributed by atoms with E-state index in [1.165, 1.54) is 0 Å². The zero-order valence-electron chi connectivity index (χ0n) is 15.5. The van der Waals surface area contributed by atoms with Gasteiger partial charge in [-0.1, -0.05) is 47.5 Å². The minimum absolute atomic E-state index is 0.0253. The normalized spacial score (nSPS) is 17.0. The molecule has 0 radical (unpaired) electrons. The molecule has 2 amide bonds. The van der Waals surface area contributed by atoms with Crippen molar-refractivity contribution in [3.8, 4) is 0 Å². The number of aryl methyl sites for hydroxylation is 2. The average molecular weight is 350 g/mol. The van der Waals surface area contributed by atoms with Crippen LogP contribution in [-0.4, -0.2) is 29.8 Å². The Labute approximate surface area is 155 Å². The van der Waals surface area contributed by atoms with E-state index in [-0.39, 0.29) is 17.7 Å². The number of carbonyl (C=O) groups excluding carboxylic acids is 2. The molecule has 1 fully saturated rings. The molecule has 1 saturated heterocycles. The molecule has 0 unspecified atom stereocenters. The number of nitrogens with zero attached hydrogens (tertiary/aromatic N) is 1. The molecular formula is C22H26N2O2. The van der Waals surface area contributed by atoms with Crippen LogP contribution < -0.4 is 5.32 Å². The number of likely N-dealkylation sites (tertiary alicyclic amines) is 1. The van der Waals surface area contributed by atoms with E-state index < -0.39 is 0 Å². The maximum atomic E-state index is 12.8. The fourth-order valence-corrected chi connectivity index (χ4v) is 3.59. The molecule has 2 aromatic carbocycles. The Morgan fingerprint density at radius 1 is 1.08 bits per heavy atom. The number of rotatable bonds is 4. The first kappa shape index (κ1) is 18.2. The van der Waals surface area contributed by atoms with Crippen LogP contribution in [0.5, 0.6) is 0 Å². The van der Waals surface area contributed by atoms with Crippen molar-refractivity contribution in [3.05, 3.63) is 70.8 Å². The van der Waals surface area contributed by atoms with Crippen LogP contribution in [0.25, 0.3) is 0 Å². The highest BCUT2D eigenvalue weighted by Crippen LogP contribution is 2.20. The van der Waals surface area contributed by atoms with Crippen molar-refractivity contribution < 1.29 is 9.59 Å². The van der Waals surface area contributed by atoms with Gasteiger partial charge in [0.2, 0.25) is 5.91 Å². The molecule has 0 spiro atoms. The molecule has 26 heavy (non-hydrogen) atoms. The molecule has 136 valence electrons. The topological polar surface area (TPSA) is 49.4 Å². The van der Waals surface area contributed by atoms with Crippen molar-refractivity contribution in [3.63, 3.8) is 0 Å². The number of amides is 2. The number of carbonyl (C=O) groups is 2. The lowest BCUT2D eigenvalue weighted by atomic mass is 9.96. The highest BCUT2D eigenvalue weighted by Gasteiger charge is 2.28. The Morgan fingerprint density at radius 3 is 2.46 bits per heavy atom. The standard InChI is InChI=1S/C22H26N2O2/c1-16-11-17(2)13-20(12-16)22(26)24-10-6-9-19(15-24)21(25)23-14-18-7-4-3-5-8-18/h3-5,7-8,11-13,19H,6,9-10,14-15H2,1-2H3,(H,23,25)/t19-/m0/s1. The molecule has 1 atom stereocenters. The van der Waals surface area contributed by atoms with Crippen molar-refractivity contribution >= 4 is 11.8 Å². The van der Waals surface area contributed by atoms with Crippen LogP contribution in [0.2, 0.25) is 0 Å². The Kier molecular flexibility index (Phi) is 5.71. The maximum absolute atomic E-state index is 12.8. The van der Waals surface area contributed by atoms with Crippen LogP contribution in [-0.2, 0) is 11.3 Å². The van der Waals surface area contributed by atoms with Gasteiger partial charge in [-0.05, 0) is 44.4 Å². The SMILES string of the molecule is Cc1cc(C)cc(C(=O)N2CCC[C@H](C(=O)NCc3ccccc3)C2)c1. The van der Waals surface area contributed by atoms with Crippen molar-refractivity contribution in [2.24, 2.45) is 5.92 Å². The molecule has 4 nitrogen and oxygen atoms in total. The Hall–Kier alpha value is -2.62. The quantitative estimate of drug-likeness (QED) is 0.918. The van der Waals surface area contributed by atoms with Crippen LogP contribution in [0.4, 0.5) is 0 Å². The number of nitrogens with one attached hydrogen (secondary N) is 1. The molecular weight excluding hydrogens is 324 g/mol. The average Bonchev–Trinajstić information content (AvgIpc) is 2.65. The highest BCUT2D eigenvalue weighted by molar-refractivity contribution is 5.95. The monoisotopic (exact) mass is 350 g/mol. The molecule has 1 heterocycles. The third-order valence-electron chi connectivity index (χ3n) is 4.86. The zero-order chi connectivity index (χ0) is 18.5. The first-order valence-electron chi connectivity index (χ1n) is 9.22. The molecule has 0 saturated carbocycles. The van der Waals surface area contributed by atoms with E-state index in [1.54, 1.807) is 0 Å². The summed E-state index contributed by atoms with van der Waals surface area (Å²) in [5.74, 6) is -0.0774. The second-order valence-corrected chi connectivity index (χ2v) is 7.17. The second kappa shape index (κ2) is 8.17. The first-order valence-corrected chi connectivity index (χ1v) is 9.22. The summed E-state index contributed by atoms with van der Waals surface area (Å²) in [6.07, 6.45) is 1.69. The van der Waals surface area contributed by atoms with Crippen LogP contribution in [0.3, 0.4) is 0 Å². The van der Waals surface area contributed by atoms with E-state index in [2.05, 4.69) is 11.4 Å². The minimum Gasteiger partial charge on any atom is -0.352 e. The molecule has 1 aliphatic rings. The number of hydrogen-bond acceptors (Lipinski definition) is 2. The molecule has 1 aliphatic heterocycles. The first-order chi connectivity index (χ1) is 12.5. The summed E-state index contributed by atoms with van der Waals surface area (Å²) in [6, 6.07) is 15.8. The van der Waals surface area contributed by atoms with Gasteiger partial charge in [0.05, 0.1) is 5.92 Å². The van der Waals surface area contributed by atoms with E-state index in [1.807, 2.05) is 61.2 Å². The summed E-state index contributed by atoms with van der Waals surface area (Å²) in [5, 5.41) is 3.01. The fraction of sp³-hybridized carbons (Fsp3) is 0.364.